The molecule has 0 bridgehead atoms. The largest absolute Gasteiger partial charge is 0.309 e. The van der Waals surface area contributed by atoms with Gasteiger partial charge in [0, 0.05) is 69.8 Å². The molecule has 0 spiro atoms. The quantitative estimate of drug-likeness (QED) is 0.178. The van der Waals surface area contributed by atoms with Crippen LogP contribution in [0.25, 0.3) is 136 Å². The number of benzene rings is 9. The lowest BCUT2D eigenvalue weighted by Crippen LogP contribution is -2.02. The molecular formula is C56H31N5S. The van der Waals surface area contributed by atoms with Crippen molar-refractivity contribution in [2.75, 3.05) is 0 Å². The number of fused-ring (bicyclic) bond motifs is 18. The normalized spacial score (nSPS) is 12.5. The van der Waals surface area contributed by atoms with Crippen LogP contribution in [0.5, 0.6) is 0 Å². The summed E-state index contributed by atoms with van der Waals surface area (Å²) in [5, 5.41) is 14.6. The van der Waals surface area contributed by atoms with Crippen LogP contribution in [-0.4, -0.2) is 23.5 Å². The first-order chi connectivity index (χ1) is 30.8. The molecule has 0 saturated carbocycles. The molecule has 15 aromatic rings. The van der Waals surface area contributed by atoms with Crippen molar-refractivity contribution >= 4 is 124 Å². The number of aromatic nitrogens is 5. The van der Waals surface area contributed by atoms with Crippen LogP contribution < -0.4 is 0 Å². The van der Waals surface area contributed by atoms with Crippen LogP contribution in [0.15, 0.2) is 188 Å². The van der Waals surface area contributed by atoms with Gasteiger partial charge in [-0.3, -0.25) is 4.57 Å². The molecule has 0 aliphatic heterocycles. The third-order valence-electron chi connectivity index (χ3n) is 13.4. The molecule has 5 nitrogen and oxygen atoms in total. The summed E-state index contributed by atoms with van der Waals surface area (Å²) in [6, 6.07) is 68.4. The van der Waals surface area contributed by atoms with Crippen molar-refractivity contribution in [3.05, 3.63) is 188 Å². The Kier molecular flexibility index (Phi) is 6.24. The number of hydrogen-bond acceptors (Lipinski definition) is 3. The van der Waals surface area contributed by atoms with Crippen LogP contribution in [0, 0.1) is 0 Å². The Balaban J connectivity index is 1.10. The molecule has 0 aliphatic rings. The third kappa shape index (κ3) is 4.12. The molecule has 6 heterocycles. The van der Waals surface area contributed by atoms with E-state index in [-0.39, 0.29) is 0 Å². The summed E-state index contributed by atoms with van der Waals surface area (Å²) in [4.78, 5) is 12.2. The first-order valence-electron chi connectivity index (χ1n) is 21.1. The van der Waals surface area contributed by atoms with Gasteiger partial charge in [0.15, 0.2) is 11.6 Å². The van der Waals surface area contributed by atoms with Crippen molar-refractivity contribution < 1.29 is 0 Å². The standard InChI is InChI=1S/C56H31N5S/c1-2-15-34(16-3-1)59-44-22-10-6-18-36(44)41-30-33(27-29-47(41)59)54-57-55(50-40-21-9-13-25-48(40)62-56(50)58-54)61-45-23-11-7-19-37(45)42-31-43-38-28-26-32-14-4-5-17-35(32)51(38)60-46-24-12-8-20-39(46)49(52(43)60)53(42)61/h1-31H. The maximum Gasteiger partial charge on any atom is 0.163 e. The Bertz CT molecular complexity index is 4390. The molecule has 0 amide bonds. The second kappa shape index (κ2) is 11.8. The van der Waals surface area contributed by atoms with E-state index < -0.39 is 0 Å². The average molecular weight is 806 g/mol. The first-order valence-corrected chi connectivity index (χ1v) is 21.9. The number of nitrogens with zero attached hydrogens (tertiary/aromatic N) is 5. The minimum atomic E-state index is 0.710. The van der Waals surface area contributed by atoms with Gasteiger partial charge in [-0.05, 0) is 66.0 Å². The molecule has 62 heavy (non-hydrogen) atoms. The first kappa shape index (κ1) is 32.8. The molecule has 0 fully saturated rings. The summed E-state index contributed by atoms with van der Waals surface area (Å²) >= 11 is 1.74. The molecule has 15 rings (SSSR count). The fraction of sp³-hybridized carbons (Fsp3) is 0. The predicted octanol–water partition coefficient (Wildman–Crippen LogP) is 15.0. The zero-order valence-corrected chi connectivity index (χ0v) is 33.9. The van der Waals surface area contributed by atoms with Gasteiger partial charge in [-0.15, -0.1) is 11.3 Å². The summed E-state index contributed by atoms with van der Waals surface area (Å²) in [5.41, 5.74) is 10.5. The van der Waals surface area contributed by atoms with E-state index in [1.807, 2.05) is 0 Å². The van der Waals surface area contributed by atoms with E-state index in [2.05, 4.69) is 202 Å². The van der Waals surface area contributed by atoms with Crippen molar-refractivity contribution in [2.45, 2.75) is 0 Å². The summed E-state index contributed by atoms with van der Waals surface area (Å²) in [6.45, 7) is 0. The van der Waals surface area contributed by atoms with E-state index in [1.54, 1.807) is 11.3 Å². The lowest BCUT2D eigenvalue weighted by Gasteiger charge is -2.12. The molecule has 0 unspecified atom stereocenters. The second-order valence-electron chi connectivity index (χ2n) is 16.5. The van der Waals surface area contributed by atoms with Gasteiger partial charge in [0.05, 0.1) is 44.0 Å². The van der Waals surface area contributed by atoms with Crippen molar-refractivity contribution in [1.29, 1.82) is 0 Å². The topological polar surface area (TPSA) is 40.0 Å². The van der Waals surface area contributed by atoms with Crippen molar-refractivity contribution in [3.63, 3.8) is 0 Å². The molecule has 286 valence electrons. The Morgan fingerprint density at radius 3 is 1.85 bits per heavy atom. The van der Waals surface area contributed by atoms with Crippen molar-refractivity contribution in [1.82, 2.24) is 23.5 Å². The second-order valence-corrected chi connectivity index (χ2v) is 17.5. The van der Waals surface area contributed by atoms with Gasteiger partial charge in [-0.25, -0.2) is 9.97 Å². The van der Waals surface area contributed by atoms with Crippen LogP contribution in [-0.2, 0) is 0 Å². The van der Waals surface area contributed by atoms with Crippen LogP contribution in [0.1, 0.15) is 0 Å². The van der Waals surface area contributed by atoms with E-state index in [1.165, 1.54) is 91.5 Å². The summed E-state index contributed by atoms with van der Waals surface area (Å²) < 4.78 is 8.55. The van der Waals surface area contributed by atoms with Gasteiger partial charge in [0.25, 0.3) is 0 Å². The minimum Gasteiger partial charge on any atom is -0.309 e. The lowest BCUT2D eigenvalue weighted by molar-refractivity contribution is 1.08. The van der Waals surface area contributed by atoms with Gasteiger partial charge in [0.2, 0.25) is 0 Å². The van der Waals surface area contributed by atoms with E-state index in [0.717, 1.165) is 38.3 Å². The van der Waals surface area contributed by atoms with Crippen LogP contribution in [0.3, 0.4) is 0 Å². The highest BCUT2D eigenvalue weighted by Gasteiger charge is 2.27. The predicted molar refractivity (Wildman–Crippen MR) is 261 cm³/mol. The lowest BCUT2D eigenvalue weighted by atomic mass is 10.0. The highest BCUT2D eigenvalue weighted by atomic mass is 32.1. The molecule has 0 saturated heterocycles. The van der Waals surface area contributed by atoms with E-state index in [0.29, 0.717) is 5.82 Å². The highest BCUT2D eigenvalue weighted by molar-refractivity contribution is 7.25. The van der Waals surface area contributed by atoms with E-state index >= 15 is 0 Å². The van der Waals surface area contributed by atoms with Crippen LogP contribution in [0.2, 0.25) is 0 Å². The molecule has 9 aromatic carbocycles. The molecular weight excluding hydrogens is 775 g/mol. The number of thiophene rings is 1. The van der Waals surface area contributed by atoms with Crippen LogP contribution in [0.4, 0.5) is 0 Å². The number of rotatable bonds is 3. The molecule has 0 atom stereocenters. The van der Waals surface area contributed by atoms with Gasteiger partial charge in [0.1, 0.15) is 4.83 Å². The van der Waals surface area contributed by atoms with Gasteiger partial charge < -0.3 is 8.97 Å². The van der Waals surface area contributed by atoms with Gasteiger partial charge >= 0.3 is 0 Å². The van der Waals surface area contributed by atoms with Crippen LogP contribution >= 0.6 is 11.3 Å². The fourth-order valence-electron chi connectivity index (χ4n) is 10.8. The Morgan fingerprint density at radius 2 is 1.02 bits per heavy atom. The van der Waals surface area contributed by atoms with Crippen molar-refractivity contribution in [3.8, 4) is 22.9 Å². The Morgan fingerprint density at radius 1 is 0.371 bits per heavy atom. The zero-order chi connectivity index (χ0) is 40.2. The average Bonchev–Trinajstić information content (AvgIpc) is 4.13. The monoisotopic (exact) mass is 805 g/mol. The SMILES string of the molecule is c1ccc(-n2c3ccccc3c3cc(-c4nc(-n5c6ccccc6c6cc7c8ccc9ccccc9c8n8c9ccccc9c(c65)c78)c5c(n4)sc4ccccc45)ccc32)cc1. The molecule has 0 radical (unpaired) electrons. The Hall–Kier alpha value is -8.06. The minimum absolute atomic E-state index is 0.710. The van der Waals surface area contributed by atoms with Gasteiger partial charge in [-0.1, -0.05) is 127 Å². The molecule has 6 aromatic heterocycles. The number of hydrogen-bond donors (Lipinski definition) is 0. The van der Waals surface area contributed by atoms with E-state index in [9.17, 15) is 0 Å². The maximum absolute atomic E-state index is 5.75. The molecule has 0 aliphatic carbocycles. The smallest absolute Gasteiger partial charge is 0.163 e. The Labute approximate surface area is 356 Å². The van der Waals surface area contributed by atoms with Gasteiger partial charge in [-0.2, -0.15) is 0 Å². The van der Waals surface area contributed by atoms with E-state index in [4.69, 9.17) is 9.97 Å². The maximum atomic E-state index is 5.75. The summed E-state index contributed by atoms with van der Waals surface area (Å²) in [6.07, 6.45) is 0. The third-order valence-corrected chi connectivity index (χ3v) is 14.4. The fourth-order valence-corrected chi connectivity index (χ4v) is 11.9. The zero-order valence-electron chi connectivity index (χ0n) is 33.0. The molecule has 6 heteroatoms. The summed E-state index contributed by atoms with van der Waals surface area (Å²) in [5.74, 6) is 1.61. The summed E-state index contributed by atoms with van der Waals surface area (Å²) in [7, 11) is 0. The van der Waals surface area contributed by atoms with Crippen molar-refractivity contribution in [2.24, 2.45) is 0 Å². The number of para-hydroxylation sites is 4. The highest BCUT2D eigenvalue weighted by Crippen LogP contribution is 2.49. The molecule has 0 N–H and O–H groups in total.